The number of aryl methyl sites for hydroxylation is 1. The van der Waals surface area contributed by atoms with E-state index >= 15 is 0 Å². The molecule has 0 radical (unpaired) electrons. The highest BCUT2D eigenvalue weighted by atomic mass is 32.1. The molecule has 0 unspecified atom stereocenters. The van der Waals surface area contributed by atoms with Crippen LogP contribution in [0.1, 0.15) is 48.8 Å². The standard InChI is InChI=1S/C29H35FN6S/c30-25-13-11-22(12-14-25)8-7-16-31-29(37)34-28-32-26(35-17-5-1-2-6-18-35)20-27(33-28)36-19-15-23-9-3-4-10-24(23)21-36/h3-4,9-14,20H,1-2,5-8,15-19,21H2,(H2,31,32,33,34,37). The number of benzene rings is 2. The summed E-state index contributed by atoms with van der Waals surface area (Å²) < 4.78 is 13.1. The average Bonchev–Trinajstić information content (AvgIpc) is 3.21. The topological polar surface area (TPSA) is 56.3 Å². The summed E-state index contributed by atoms with van der Waals surface area (Å²) in [4.78, 5) is 14.5. The van der Waals surface area contributed by atoms with E-state index in [2.05, 4.69) is 50.8 Å². The molecule has 3 heterocycles. The first-order chi connectivity index (χ1) is 18.1. The smallest absolute Gasteiger partial charge is 0.232 e. The van der Waals surface area contributed by atoms with E-state index in [-0.39, 0.29) is 5.82 Å². The van der Waals surface area contributed by atoms with Crippen LogP contribution in [-0.2, 0) is 19.4 Å². The van der Waals surface area contributed by atoms with Gasteiger partial charge in [0.15, 0.2) is 5.11 Å². The van der Waals surface area contributed by atoms with E-state index in [1.165, 1.54) is 48.9 Å². The molecule has 1 fully saturated rings. The van der Waals surface area contributed by atoms with Gasteiger partial charge in [0, 0.05) is 38.8 Å². The first kappa shape index (κ1) is 25.4. The molecule has 3 aromatic rings. The molecular weight excluding hydrogens is 483 g/mol. The van der Waals surface area contributed by atoms with Gasteiger partial charge >= 0.3 is 0 Å². The molecule has 37 heavy (non-hydrogen) atoms. The summed E-state index contributed by atoms with van der Waals surface area (Å²) in [7, 11) is 0. The van der Waals surface area contributed by atoms with Gasteiger partial charge in [0.25, 0.3) is 0 Å². The van der Waals surface area contributed by atoms with Gasteiger partial charge in [-0.05, 0) is 73.1 Å². The van der Waals surface area contributed by atoms with Crippen molar-refractivity contribution in [2.75, 3.05) is 41.3 Å². The van der Waals surface area contributed by atoms with Crippen LogP contribution in [0.15, 0.2) is 54.6 Å². The van der Waals surface area contributed by atoms with Crippen molar-refractivity contribution >= 4 is 34.9 Å². The Bertz CT molecular complexity index is 1190. The maximum atomic E-state index is 13.1. The molecule has 194 valence electrons. The summed E-state index contributed by atoms with van der Waals surface area (Å²) in [5.41, 5.74) is 3.89. The number of hydrogen-bond acceptors (Lipinski definition) is 5. The highest BCUT2D eigenvalue weighted by Crippen LogP contribution is 2.28. The second-order valence-electron chi connectivity index (χ2n) is 9.86. The van der Waals surface area contributed by atoms with Crippen LogP contribution in [0.25, 0.3) is 0 Å². The third-order valence-corrected chi connectivity index (χ3v) is 7.40. The summed E-state index contributed by atoms with van der Waals surface area (Å²) in [5, 5.41) is 7.03. The molecule has 8 heteroatoms. The van der Waals surface area contributed by atoms with Crippen LogP contribution in [0.2, 0.25) is 0 Å². The summed E-state index contributed by atoms with van der Waals surface area (Å²) in [6, 6.07) is 17.5. The highest BCUT2D eigenvalue weighted by molar-refractivity contribution is 7.80. The summed E-state index contributed by atoms with van der Waals surface area (Å²) in [6.45, 7) is 4.53. The first-order valence-electron chi connectivity index (χ1n) is 13.4. The van der Waals surface area contributed by atoms with Gasteiger partial charge in [-0.25, -0.2) is 4.39 Å². The van der Waals surface area contributed by atoms with Crippen molar-refractivity contribution in [3.05, 3.63) is 77.1 Å². The average molecular weight is 519 g/mol. The molecule has 0 amide bonds. The molecule has 2 aliphatic rings. The maximum absolute atomic E-state index is 13.1. The molecule has 2 aromatic carbocycles. The Hall–Kier alpha value is -3.26. The quantitative estimate of drug-likeness (QED) is 0.317. The van der Waals surface area contributed by atoms with Crippen molar-refractivity contribution in [2.24, 2.45) is 0 Å². The lowest BCUT2D eigenvalue weighted by atomic mass is 10.00. The summed E-state index contributed by atoms with van der Waals surface area (Å²) in [6.07, 6.45) is 7.68. The van der Waals surface area contributed by atoms with Crippen molar-refractivity contribution in [3.8, 4) is 0 Å². The molecule has 1 saturated heterocycles. The van der Waals surface area contributed by atoms with Crippen LogP contribution in [0.5, 0.6) is 0 Å². The molecule has 1 aromatic heterocycles. The Morgan fingerprint density at radius 3 is 2.32 bits per heavy atom. The number of anilines is 3. The minimum atomic E-state index is -0.206. The number of thiocarbonyl (C=S) groups is 1. The molecule has 6 nitrogen and oxygen atoms in total. The molecule has 0 bridgehead atoms. The molecule has 0 atom stereocenters. The molecule has 0 aliphatic carbocycles. The largest absolute Gasteiger partial charge is 0.362 e. The minimum absolute atomic E-state index is 0.206. The van der Waals surface area contributed by atoms with E-state index in [9.17, 15) is 4.39 Å². The van der Waals surface area contributed by atoms with Gasteiger partial charge in [-0.2, -0.15) is 9.97 Å². The van der Waals surface area contributed by atoms with Crippen LogP contribution in [0, 0.1) is 5.82 Å². The van der Waals surface area contributed by atoms with Gasteiger partial charge in [0.2, 0.25) is 5.95 Å². The fourth-order valence-corrected chi connectivity index (χ4v) is 5.28. The molecular formula is C29H35FN6S. The van der Waals surface area contributed by atoms with Crippen molar-refractivity contribution in [2.45, 2.75) is 51.5 Å². The number of nitrogens with one attached hydrogen (secondary N) is 2. The number of fused-ring (bicyclic) bond motifs is 1. The van der Waals surface area contributed by atoms with E-state index < -0.39 is 0 Å². The van der Waals surface area contributed by atoms with Crippen LogP contribution in [0.4, 0.5) is 22.0 Å². The number of nitrogens with zero attached hydrogens (tertiary/aromatic N) is 4. The molecule has 0 saturated carbocycles. The second kappa shape index (κ2) is 12.3. The van der Waals surface area contributed by atoms with Gasteiger partial charge < -0.3 is 20.4 Å². The normalized spacial score (nSPS) is 15.6. The Balaban J connectivity index is 1.26. The number of aromatic nitrogens is 2. The van der Waals surface area contributed by atoms with E-state index in [4.69, 9.17) is 22.2 Å². The number of halogens is 1. The van der Waals surface area contributed by atoms with Crippen molar-refractivity contribution in [3.63, 3.8) is 0 Å². The predicted octanol–water partition coefficient (Wildman–Crippen LogP) is 5.48. The van der Waals surface area contributed by atoms with Crippen molar-refractivity contribution in [1.29, 1.82) is 0 Å². The molecule has 5 rings (SSSR count). The van der Waals surface area contributed by atoms with E-state index in [1.54, 1.807) is 0 Å². The van der Waals surface area contributed by atoms with E-state index in [1.807, 2.05) is 12.1 Å². The van der Waals surface area contributed by atoms with Crippen LogP contribution < -0.4 is 20.4 Å². The lowest BCUT2D eigenvalue weighted by molar-refractivity contribution is 0.626. The Morgan fingerprint density at radius 1 is 0.865 bits per heavy atom. The van der Waals surface area contributed by atoms with E-state index in [0.717, 1.165) is 62.6 Å². The highest BCUT2D eigenvalue weighted by Gasteiger charge is 2.21. The van der Waals surface area contributed by atoms with Gasteiger partial charge in [-0.3, -0.25) is 0 Å². The fraction of sp³-hybridized carbons (Fsp3) is 0.414. The molecule has 2 N–H and O–H groups in total. The van der Waals surface area contributed by atoms with Crippen molar-refractivity contribution in [1.82, 2.24) is 15.3 Å². The van der Waals surface area contributed by atoms with Crippen LogP contribution in [0.3, 0.4) is 0 Å². The third-order valence-electron chi connectivity index (χ3n) is 7.15. The third kappa shape index (κ3) is 6.95. The van der Waals surface area contributed by atoms with E-state index in [0.29, 0.717) is 17.6 Å². The van der Waals surface area contributed by atoms with Crippen molar-refractivity contribution < 1.29 is 4.39 Å². The van der Waals surface area contributed by atoms with Gasteiger partial charge in [-0.1, -0.05) is 49.2 Å². The summed E-state index contributed by atoms with van der Waals surface area (Å²) >= 11 is 5.58. The number of rotatable bonds is 7. The minimum Gasteiger partial charge on any atom is -0.362 e. The molecule has 0 spiro atoms. The molecule has 2 aliphatic heterocycles. The van der Waals surface area contributed by atoms with Gasteiger partial charge in [0.1, 0.15) is 17.5 Å². The first-order valence-corrected chi connectivity index (χ1v) is 13.8. The van der Waals surface area contributed by atoms with Gasteiger partial charge in [0.05, 0.1) is 0 Å². The Labute approximate surface area is 224 Å². The predicted molar refractivity (Wildman–Crippen MR) is 153 cm³/mol. The number of hydrogen-bond donors (Lipinski definition) is 2. The van der Waals surface area contributed by atoms with Crippen LogP contribution in [-0.4, -0.2) is 41.3 Å². The van der Waals surface area contributed by atoms with Crippen LogP contribution >= 0.6 is 12.2 Å². The lowest BCUT2D eigenvalue weighted by Gasteiger charge is -2.31. The zero-order valence-corrected chi connectivity index (χ0v) is 22.1. The lowest BCUT2D eigenvalue weighted by Crippen LogP contribution is -2.33. The Morgan fingerprint density at radius 2 is 1.57 bits per heavy atom. The zero-order chi connectivity index (χ0) is 25.5. The second-order valence-corrected chi connectivity index (χ2v) is 10.3. The maximum Gasteiger partial charge on any atom is 0.232 e. The fourth-order valence-electron chi connectivity index (χ4n) is 5.08. The Kier molecular flexibility index (Phi) is 8.46. The summed E-state index contributed by atoms with van der Waals surface area (Å²) in [5.74, 6) is 2.23. The zero-order valence-electron chi connectivity index (χ0n) is 21.3. The SMILES string of the molecule is Fc1ccc(CCCNC(=S)Nc2nc(N3CCCCCC3)cc(N3CCc4ccccc4C3)n2)cc1. The van der Waals surface area contributed by atoms with Gasteiger partial charge in [-0.15, -0.1) is 0 Å². The monoisotopic (exact) mass is 518 g/mol.